The van der Waals surface area contributed by atoms with Crippen LogP contribution in [0.4, 0.5) is 5.69 Å². The summed E-state index contributed by atoms with van der Waals surface area (Å²) in [5, 5.41) is 0. The molecule has 5 heteroatoms. The third-order valence-corrected chi connectivity index (χ3v) is 3.18. The lowest BCUT2D eigenvalue weighted by Crippen LogP contribution is -2.28. The highest BCUT2D eigenvalue weighted by Gasteiger charge is 2.15. The summed E-state index contributed by atoms with van der Waals surface area (Å²) in [6.45, 7) is 2.01. The Labute approximate surface area is 111 Å². The van der Waals surface area contributed by atoms with Crippen LogP contribution in [0.5, 0.6) is 0 Å². The molecule has 0 atom stereocenters. The molecule has 1 rings (SSSR count). The van der Waals surface area contributed by atoms with E-state index < -0.39 is 5.97 Å². The molecule has 0 heterocycles. The van der Waals surface area contributed by atoms with Gasteiger partial charge in [-0.25, -0.2) is 0 Å². The van der Waals surface area contributed by atoms with E-state index in [1.54, 1.807) is 25.7 Å². The molecular weight excluding hydrogens is 250 g/mol. The topological polar surface area (TPSA) is 46.6 Å². The molecule has 98 valence electrons. The van der Waals surface area contributed by atoms with Crippen LogP contribution in [0.1, 0.15) is 13.3 Å². The number of nitrogens with zero attached hydrogens (tertiary/aromatic N) is 1. The van der Waals surface area contributed by atoms with Crippen molar-refractivity contribution >= 4 is 29.3 Å². The van der Waals surface area contributed by atoms with Gasteiger partial charge in [0.05, 0.1) is 6.61 Å². The van der Waals surface area contributed by atoms with Crippen LogP contribution >= 0.6 is 11.8 Å². The van der Waals surface area contributed by atoms with E-state index >= 15 is 0 Å². The number of ether oxygens (including phenoxy) is 1. The molecule has 0 saturated heterocycles. The molecule has 0 aliphatic heterocycles. The minimum absolute atomic E-state index is 0.228. The highest BCUT2D eigenvalue weighted by atomic mass is 32.2. The van der Waals surface area contributed by atoms with Crippen molar-refractivity contribution in [2.45, 2.75) is 18.2 Å². The van der Waals surface area contributed by atoms with Gasteiger partial charge in [0.25, 0.3) is 0 Å². The third-order valence-electron chi connectivity index (χ3n) is 2.43. The zero-order chi connectivity index (χ0) is 13.5. The fourth-order valence-electron chi connectivity index (χ4n) is 1.40. The molecule has 18 heavy (non-hydrogen) atoms. The van der Waals surface area contributed by atoms with Crippen LogP contribution in [0.15, 0.2) is 29.2 Å². The molecule has 0 saturated carbocycles. The predicted octanol–water partition coefficient (Wildman–Crippen LogP) is 2.32. The quantitative estimate of drug-likeness (QED) is 0.466. The number of anilines is 1. The second-order valence-corrected chi connectivity index (χ2v) is 4.51. The molecule has 0 aliphatic carbocycles. The van der Waals surface area contributed by atoms with Gasteiger partial charge in [-0.05, 0) is 37.4 Å². The minimum Gasteiger partial charge on any atom is -0.466 e. The standard InChI is InChI=1S/C13H17NO3S/c1-4-17-13(16)9-12(15)14(2)10-5-7-11(18-3)8-6-10/h5-8H,4,9H2,1-3H3. The summed E-state index contributed by atoms with van der Waals surface area (Å²) in [6.07, 6.45) is 1.76. The van der Waals surface area contributed by atoms with Gasteiger partial charge in [0, 0.05) is 17.6 Å². The molecule has 0 unspecified atom stereocenters. The maximum atomic E-state index is 11.8. The van der Waals surface area contributed by atoms with E-state index in [0.29, 0.717) is 0 Å². The third kappa shape index (κ3) is 4.07. The molecule has 0 aliphatic rings. The number of hydrogen-bond donors (Lipinski definition) is 0. The maximum Gasteiger partial charge on any atom is 0.315 e. The Morgan fingerprint density at radius 1 is 1.28 bits per heavy atom. The van der Waals surface area contributed by atoms with Gasteiger partial charge < -0.3 is 9.64 Å². The second kappa shape index (κ2) is 7.06. The van der Waals surface area contributed by atoms with Gasteiger partial charge in [-0.2, -0.15) is 0 Å². The number of hydrogen-bond acceptors (Lipinski definition) is 4. The van der Waals surface area contributed by atoms with Gasteiger partial charge in [-0.1, -0.05) is 0 Å². The van der Waals surface area contributed by atoms with E-state index in [-0.39, 0.29) is 18.9 Å². The number of carbonyl (C=O) groups is 2. The van der Waals surface area contributed by atoms with Crippen LogP contribution in [0.3, 0.4) is 0 Å². The largest absolute Gasteiger partial charge is 0.466 e. The summed E-state index contributed by atoms with van der Waals surface area (Å²) in [5.74, 6) is -0.763. The summed E-state index contributed by atoms with van der Waals surface area (Å²) in [4.78, 5) is 25.6. The fourth-order valence-corrected chi connectivity index (χ4v) is 1.81. The summed E-state index contributed by atoms with van der Waals surface area (Å²) in [5.41, 5.74) is 0.766. The Morgan fingerprint density at radius 2 is 1.89 bits per heavy atom. The molecule has 1 aromatic carbocycles. The number of benzene rings is 1. The van der Waals surface area contributed by atoms with Crippen LogP contribution in [0, 0.1) is 0 Å². The summed E-state index contributed by atoms with van der Waals surface area (Å²) in [6, 6.07) is 7.59. The number of rotatable bonds is 5. The van der Waals surface area contributed by atoms with Crippen LogP contribution in [0.2, 0.25) is 0 Å². The van der Waals surface area contributed by atoms with Gasteiger partial charge in [0.2, 0.25) is 5.91 Å². The predicted molar refractivity (Wildman–Crippen MR) is 72.9 cm³/mol. The highest BCUT2D eigenvalue weighted by Crippen LogP contribution is 2.20. The van der Waals surface area contributed by atoms with Gasteiger partial charge in [0.15, 0.2) is 0 Å². The summed E-state index contributed by atoms with van der Waals surface area (Å²) < 4.78 is 4.75. The van der Waals surface area contributed by atoms with Crippen molar-refractivity contribution in [1.82, 2.24) is 0 Å². The number of esters is 1. The van der Waals surface area contributed by atoms with Crippen molar-refractivity contribution in [3.05, 3.63) is 24.3 Å². The first-order valence-corrected chi connectivity index (χ1v) is 6.87. The van der Waals surface area contributed by atoms with E-state index in [1.165, 1.54) is 4.90 Å². The average molecular weight is 267 g/mol. The lowest BCUT2D eigenvalue weighted by Gasteiger charge is -2.17. The molecule has 0 N–H and O–H groups in total. The maximum absolute atomic E-state index is 11.8. The normalized spacial score (nSPS) is 9.94. The van der Waals surface area contributed by atoms with Crippen molar-refractivity contribution in [1.29, 1.82) is 0 Å². The molecule has 0 fully saturated rings. The molecule has 1 aromatic rings. The molecule has 1 amide bonds. The smallest absolute Gasteiger partial charge is 0.315 e. The van der Waals surface area contributed by atoms with E-state index in [4.69, 9.17) is 4.74 Å². The summed E-state index contributed by atoms with van der Waals surface area (Å²) in [7, 11) is 1.65. The monoisotopic (exact) mass is 267 g/mol. The minimum atomic E-state index is -0.491. The summed E-state index contributed by atoms with van der Waals surface area (Å²) >= 11 is 1.64. The average Bonchev–Trinajstić information content (AvgIpc) is 2.38. The number of thioether (sulfide) groups is 1. The van der Waals surface area contributed by atoms with Crippen LogP contribution in [-0.4, -0.2) is 31.8 Å². The Hall–Kier alpha value is -1.49. The first-order valence-electron chi connectivity index (χ1n) is 5.64. The van der Waals surface area contributed by atoms with E-state index in [1.807, 2.05) is 30.5 Å². The van der Waals surface area contributed by atoms with E-state index in [9.17, 15) is 9.59 Å². The fraction of sp³-hybridized carbons (Fsp3) is 0.385. The molecule has 0 aromatic heterocycles. The van der Waals surface area contributed by atoms with Gasteiger partial charge >= 0.3 is 5.97 Å². The molecular formula is C13H17NO3S. The second-order valence-electron chi connectivity index (χ2n) is 3.63. The zero-order valence-electron chi connectivity index (χ0n) is 10.8. The van der Waals surface area contributed by atoms with Crippen molar-refractivity contribution in [2.75, 3.05) is 24.8 Å². The van der Waals surface area contributed by atoms with Gasteiger partial charge in [-0.3, -0.25) is 9.59 Å². The van der Waals surface area contributed by atoms with Crippen LogP contribution in [0.25, 0.3) is 0 Å². The number of carbonyl (C=O) groups excluding carboxylic acids is 2. The Kier molecular flexibility index (Phi) is 5.71. The molecule has 4 nitrogen and oxygen atoms in total. The van der Waals surface area contributed by atoms with Crippen LogP contribution < -0.4 is 4.90 Å². The Bertz CT molecular complexity index is 417. The first-order chi connectivity index (χ1) is 8.58. The van der Waals surface area contributed by atoms with Gasteiger partial charge in [0.1, 0.15) is 6.42 Å². The lowest BCUT2D eigenvalue weighted by molar-refractivity contribution is -0.145. The molecule has 0 spiro atoms. The van der Waals surface area contributed by atoms with Crippen molar-refractivity contribution in [3.63, 3.8) is 0 Å². The Morgan fingerprint density at radius 3 is 2.39 bits per heavy atom. The van der Waals surface area contributed by atoms with Crippen molar-refractivity contribution in [3.8, 4) is 0 Å². The molecule has 0 bridgehead atoms. The van der Waals surface area contributed by atoms with E-state index in [0.717, 1.165) is 10.6 Å². The van der Waals surface area contributed by atoms with Crippen LogP contribution in [-0.2, 0) is 14.3 Å². The zero-order valence-corrected chi connectivity index (χ0v) is 11.6. The molecule has 0 radical (unpaired) electrons. The highest BCUT2D eigenvalue weighted by molar-refractivity contribution is 7.98. The number of amides is 1. The van der Waals surface area contributed by atoms with Crippen molar-refractivity contribution < 1.29 is 14.3 Å². The van der Waals surface area contributed by atoms with Gasteiger partial charge in [-0.15, -0.1) is 11.8 Å². The SMILES string of the molecule is CCOC(=O)CC(=O)N(C)c1ccc(SC)cc1. The van der Waals surface area contributed by atoms with E-state index in [2.05, 4.69) is 0 Å². The Balaban J connectivity index is 2.64. The lowest BCUT2D eigenvalue weighted by atomic mass is 10.2. The van der Waals surface area contributed by atoms with Crippen molar-refractivity contribution in [2.24, 2.45) is 0 Å². The first kappa shape index (κ1) is 14.6.